The standard InChI is InChI=1S/C14H22O3/c1-10-5-4-6-14(2,3)12(10)7-13-16-8-11(15)9-17-13/h13H,4-9H2,1-3H3. The minimum atomic E-state index is -0.227. The van der Waals surface area contributed by atoms with Crippen LogP contribution >= 0.6 is 0 Å². The van der Waals surface area contributed by atoms with Gasteiger partial charge in [-0.05, 0) is 31.6 Å². The summed E-state index contributed by atoms with van der Waals surface area (Å²) >= 11 is 0. The first-order valence-corrected chi connectivity index (χ1v) is 6.43. The highest BCUT2D eigenvalue weighted by molar-refractivity contribution is 5.81. The first kappa shape index (κ1) is 12.8. The zero-order chi connectivity index (χ0) is 12.5. The van der Waals surface area contributed by atoms with Crippen molar-refractivity contribution in [2.75, 3.05) is 13.2 Å². The fourth-order valence-electron chi connectivity index (χ4n) is 2.87. The zero-order valence-corrected chi connectivity index (χ0v) is 11.0. The van der Waals surface area contributed by atoms with E-state index in [-0.39, 0.29) is 30.7 Å². The van der Waals surface area contributed by atoms with Crippen LogP contribution in [-0.4, -0.2) is 25.3 Å². The molecule has 0 atom stereocenters. The molecule has 1 fully saturated rings. The number of hydrogen-bond acceptors (Lipinski definition) is 3. The molecule has 2 rings (SSSR count). The molecule has 1 aliphatic carbocycles. The van der Waals surface area contributed by atoms with Gasteiger partial charge in [-0.1, -0.05) is 25.0 Å². The SMILES string of the molecule is CC1=C(CC2OCC(=O)CO2)C(C)(C)CCC1. The third-order valence-electron chi connectivity index (χ3n) is 3.92. The van der Waals surface area contributed by atoms with Gasteiger partial charge in [0.1, 0.15) is 13.2 Å². The van der Waals surface area contributed by atoms with Crippen molar-refractivity contribution >= 4 is 5.78 Å². The Bertz CT molecular complexity index is 331. The maximum absolute atomic E-state index is 11.0. The molecular weight excluding hydrogens is 216 g/mol. The van der Waals surface area contributed by atoms with Gasteiger partial charge in [0.15, 0.2) is 12.1 Å². The second-order valence-electron chi connectivity index (χ2n) is 5.79. The molecule has 3 nitrogen and oxygen atoms in total. The molecule has 0 radical (unpaired) electrons. The van der Waals surface area contributed by atoms with Gasteiger partial charge < -0.3 is 9.47 Å². The van der Waals surface area contributed by atoms with Gasteiger partial charge in [0.2, 0.25) is 0 Å². The smallest absolute Gasteiger partial charge is 0.184 e. The average Bonchev–Trinajstić information content (AvgIpc) is 2.26. The summed E-state index contributed by atoms with van der Waals surface area (Å²) < 4.78 is 10.9. The van der Waals surface area contributed by atoms with Crippen molar-refractivity contribution in [1.82, 2.24) is 0 Å². The largest absolute Gasteiger partial charge is 0.344 e. The highest BCUT2D eigenvalue weighted by Crippen LogP contribution is 2.42. The number of hydrogen-bond donors (Lipinski definition) is 0. The fraction of sp³-hybridized carbons (Fsp3) is 0.786. The fourth-order valence-corrected chi connectivity index (χ4v) is 2.87. The molecule has 1 saturated heterocycles. The highest BCUT2D eigenvalue weighted by atomic mass is 16.7. The summed E-state index contributed by atoms with van der Waals surface area (Å²) in [5.41, 5.74) is 3.18. The molecule has 2 aliphatic rings. The van der Waals surface area contributed by atoms with Crippen LogP contribution in [0.15, 0.2) is 11.1 Å². The minimum Gasteiger partial charge on any atom is -0.344 e. The Balaban J connectivity index is 2.04. The van der Waals surface area contributed by atoms with E-state index in [0.29, 0.717) is 0 Å². The molecule has 0 amide bonds. The number of ketones is 1. The zero-order valence-electron chi connectivity index (χ0n) is 11.0. The van der Waals surface area contributed by atoms with Crippen LogP contribution in [0.5, 0.6) is 0 Å². The third kappa shape index (κ3) is 2.96. The van der Waals surface area contributed by atoms with Crippen molar-refractivity contribution in [1.29, 1.82) is 0 Å². The van der Waals surface area contributed by atoms with Crippen molar-refractivity contribution in [3.63, 3.8) is 0 Å². The number of rotatable bonds is 2. The lowest BCUT2D eigenvalue weighted by Crippen LogP contribution is -2.34. The Morgan fingerprint density at radius 2 is 1.94 bits per heavy atom. The molecule has 0 spiro atoms. The topological polar surface area (TPSA) is 35.5 Å². The molecular formula is C14H22O3. The van der Waals surface area contributed by atoms with Crippen molar-refractivity contribution in [2.24, 2.45) is 5.41 Å². The van der Waals surface area contributed by atoms with Gasteiger partial charge in [-0.2, -0.15) is 0 Å². The quantitative estimate of drug-likeness (QED) is 0.694. The maximum atomic E-state index is 11.0. The van der Waals surface area contributed by atoms with Crippen LogP contribution in [0.2, 0.25) is 0 Å². The predicted octanol–water partition coefficient (Wildman–Crippen LogP) is 2.85. The van der Waals surface area contributed by atoms with E-state index in [9.17, 15) is 4.79 Å². The summed E-state index contributed by atoms with van der Waals surface area (Å²) in [6.45, 7) is 7.21. The van der Waals surface area contributed by atoms with Crippen molar-refractivity contribution in [3.05, 3.63) is 11.1 Å². The Labute approximate surface area is 103 Å². The lowest BCUT2D eigenvalue weighted by molar-refractivity contribution is -0.186. The van der Waals surface area contributed by atoms with Gasteiger partial charge in [0, 0.05) is 6.42 Å². The molecule has 0 aromatic heterocycles. The van der Waals surface area contributed by atoms with E-state index >= 15 is 0 Å². The number of carbonyl (C=O) groups excluding carboxylic acids is 1. The molecule has 0 aromatic carbocycles. The van der Waals surface area contributed by atoms with Crippen molar-refractivity contribution < 1.29 is 14.3 Å². The van der Waals surface area contributed by atoms with Crippen molar-refractivity contribution in [3.8, 4) is 0 Å². The van der Waals surface area contributed by atoms with Gasteiger partial charge in [0.25, 0.3) is 0 Å². The van der Waals surface area contributed by atoms with Crippen LogP contribution in [0.1, 0.15) is 46.5 Å². The van der Waals surface area contributed by atoms with E-state index in [1.54, 1.807) is 0 Å². The van der Waals surface area contributed by atoms with Crippen LogP contribution in [0.25, 0.3) is 0 Å². The molecule has 0 saturated carbocycles. The molecule has 17 heavy (non-hydrogen) atoms. The van der Waals surface area contributed by atoms with E-state index in [1.165, 1.54) is 30.4 Å². The number of Topliss-reactive ketones (excluding diaryl/α,β-unsaturated/α-hetero) is 1. The monoisotopic (exact) mass is 238 g/mol. The number of ether oxygens (including phenoxy) is 2. The highest BCUT2D eigenvalue weighted by Gasteiger charge is 2.31. The molecule has 3 heteroatoms. The Morgan fingerprint density at radius 1 is 1.29 bits per heavy atom. The second-order valence-corrected chi connectivity index (χ2v) is 5.79. The maximum Gasteiger partial charge on any atom is 0.184 e. The van der Waals surface area contributed by atoms with E-state index in [4.69, 9.17) is 9.47 Å². The Morgan fingerprint density at radius 3 is 2.53 bits per heavy atom. The molecule has 1 aliphatic heterocycles. The van der Waals surface area contributed by atoms with Gasteiger partial charge >= 0.3 is 0 Å². The summed E-state index contributed by atoms with van der Waals surface area (Å²) in [6.07, 6.45) is 4.27. The van der Waals surface area contributed by atoms with Crippen LogP contribution < -0.4 is 0 Å². The lowest BCUT2D eigenvalue weighted by Gasteiger charge is -2.36. The van der Waals surface area contributed by atoms with Crippen LogP contribution in [0.3, 0.4) is 0 Å². The first-order chi connectivity index (χ1) is 7.99. The molecule has 96 valence electrons. The summed E-state index contributed by atoms with van der Waals surface area (Å²) in [5.74, 6) is 0.0369. The summed E-state index contributed by atoms with van der Waals surface area (Å²) in [4.78, 5) is 11.0. The van der Waals surface area contributed by atoms with Gasteiger partial charge in [-0.3, -0.25) is 4.79 Å². The minimum absolute atomic E-state index is 0.0369. The average molecular weight is 238 g/mol. The van der Waals surface area contributed by atoms with Crippen LogP contribution in [0, 0.1) is 5.41 Å². The second kappa shape index (κ2) is 4.91. The summed E-state index contributed by atoms with van der Waals surface area (Å²) in [5, 5.41) is 0. The first-order valence-electron chi connectivity index (χ1n) is 6.43. The molecule has 0 aromatic rings. The summed E-state index contributed by atoms with van der Waals surface area (Å²) in [6, 6.07) is 0. The van der Waals surface area contributed by atoms with Crippen LogP contribution in [0.4, 0.5) is 0 Å². The van der Waals surface area contributed by atoms with E-state index in [0.717, 1.165) is 6.42 Å². The third-order valence-corrected chi connectivity index (χ3v) is 3.92. The molecule has 0 unspecified atom stereocenters. The Kier molecular flexibility index (Phi) is 3.69. The Hall–Kier alpha value is -0.670. The normalized spacial score (nSPS) is 26.4. The molecule has 0 N–H and O–H groups in total. The van der Waals surface area contributed by atoms with Crippen LogP contribution in [-0.2, 0) is 14.3 Å². The van der Waals surface area contributed by atoms with E-state index in [2.05, 4.69) is 20.8 Å². The molecule has 1 heterocycles. The molecule has 0 bridgehead atoms. The van der Waals surface area contributed by atoms with Crippen molar-refractivity contribution in [2.45, 2.75) is 52.7 Å². The van der Waals surface area contributed by atoms with Gasteiger partial charge in [-0.25, -0.2) is 0 Å². The number of carbonyl (C=O) groups is 1. The van der Waals surface area contributed by atoms with E-state index in [1.807, 2.05) is 0 Å². The predicted molar refractivity (Wildman–Crippen MR) is 65.6 cm³/mol. The summed E-state index contributed by atoms with van der Waals surface area (Å²) in [7, 11) is 0. The lowest BCUT2D eigenvalue weighted by atomic mass is 9.71. The van der Waals surface area contributed by atoms with Gasteiger partial charge in [0.05, 0.1) is 0 Å². The van der Waals surface area contributed by atoms with Gasteiger partial charge in [-0.15, -0.1) is 0 Å². The number of allylic oxidation sites excluding steroid dienone is 1. The van der Waals surface area contributed by atoms with E-state index < -0.39 is 0 Å².